The third-order valence-electron chi connectivity index (χ3n) is 9.74. The van der Waals surface area contributed by atoms with Gasteiger partial charge in [0.05, 0.1) is 41.5 Å². The first-order valence-electron chi connectivity index (χ1n) is 17.1. The van der Waals surface area contributed by atoms with Gasteiger partial charge in [-0.15, -0.1) is 5.06 Å². The van der Waals surface area contributed by atoms with Crippen molar-refractivity contribution in [3.05, 3.63) is 64.6 Å². The highest BCUT2D eigenvalue weighted by Gasteiger charge is 2.54. The second kappa shape index (κ2) is 15.0. The lowest BCUT2D eigenvalue weighted by atomic mass is 9.87. The van der Waals surface area contributed by atoms with Gasteiger partial charge in [0.15, 0.2) is 0 Å². The first-order chi connectivity index (χ1) is 23.2. The molecule has 2 saturated heterocycles. The average Bonchev–Trinajstić information content (AvgIpc) is 3.76. The Labute approximate surface area is 285 Å². The van der Waals surface area contributed by atoms with Crippen molar-refractivity contribution in [1.29, 1.82) is 0 Å². The second-order valence-electron chi connectivity index (χ2n) is 12.9. The average molecular weight is 683 g/mol. The molecule has 3 fully saturated rings. The second-order valence-corrected chi connectivity index (χ2v) is 13.3. The summed E-state index contributed by atoms with van der Waals surface area (Å²) < 4.78 is 29.8. The topological polar surface area (TPSA) is 102 Å². The van der Waals surface area contributed by atoms with E-state index in [0.717, 1.165) is 36.6 Å². The number of carbonyl (C=O) groups excluding carboxylic acids is 3. The van der Waals surface area contributed by atoms with Crippen LogP contribution in [0.4, 0.5) is 10.1 Å². The molecule has 3 aliphatic rings. The van der Waals surface area contributed by atoms with Crippen LogP contribution in [0.25, 0.3) is 10.9 Å². The Morgan fingerprint density at radius 2 is 1.77 bits per heavy atom. The van der Waals surface area contributed by atoms with E-state index in [1.54, 1.807) is 18.2 Å². The molecule has 3 heterocycles. The van der Waals surface area contributed by atoms with E-state index in [0.29, 0.717) is 64.1 Å². The van der Waals surface area contributed by atoms with Crippen LogP contribution in [0.3, 0.4) is 0 Å². The predicted octanol–water partition coefficient (Wildman–Crippen LogP) is 6.25. The molecule has 0 radical (unpaired) electrons. The molecule has 258 valence electrons. The number of rotatable bonds is 11. The number of anilines is 1. The van der Waals surface area contributed by atoms with Crippen LogP contribution in [0.1, 0.15) is 74.2 Å². The van der Waals surface area contributed by atoms with Crippen molar-refractivity contribution in [2.75, 3.05) is 38.2 Å². The van der Waals surface area contributed by atoms with E-state index in [2.05, 4.69) is 5.32 Å². The van der Waals surface area contributed by atoms with Gasteiger partial charge in [-0.1, -0.05) is 29.8 Å². The van der Waals surface area contributed by atoms with Gasteiger partial charge in [-0.05, 0) is 82.1 Å². The van der Waals surface area contributed by atoms with Gasteiger partial charge in [0.2, 0.25) is 5.78 Å². The summed E-state index contributed by atoms with van der Waals surface area (Å²) in [6.45, 7) is 4.34. The summed E-state index contributed by atoms with van der Waals surface area (Å²) in [6.07, 6.45) is 6.99. The van der Waals surface area contributed by atoms with Crippen LogP contribution in [0.5, 0.6) is 0 Å². The number of ketones is 1. The number of likely N-dealkylation sites (tertiary alicyclic amines) is 1. The number of hydroxylamine groups is 2. The van der Waals surface area contributed by atoms with E-state index >= 15 is 4.39 Å². The van der Waals surface area contributed by atoms with Gasteiger partial charge in [0.1, 0.15) is 5.82 Å². The van der Waals surface area contributed by atoms with Crippen LogP contribution < -0.4 is 5.32 Å². The van der Waals surface area contributed by atoms with E-state index in [9.17, 15) is 14.4 Å². The molecular formula is C36H44ClFN4O6. The minimum Gasteiger partial charge on any atom is -0.466 e. The number of aromatic nitrogens is 1. The van der Waals surface area contributed by atoms with E-state index < -0.39 is 17.6 Å². The Hall–Kier alpha value is -3.35. The fourth-order valence-electron chi connectivity index (χ4n) is 7.26. The van der Waals surface area contributed by atoms with Gasteiger partial charge in [0, 0.05) is 50.2 Å². The normalized spacial score (nSPS) is 22.0. The van der Waals surface area contributed by atoms with Gasteiger partial charge in [0.25, 0.3) is 11.8 Å². The number of fused-ring (bicyclic) bond motifs is 1. The number of nitrogens with zero attached hydrogens (tertiary/aromatic N) is 3. The lowest BCUT2D eigenvalue weighted by Crippen LogP contribution is -2.68. The number of hydrogen-bond donors (Lipinski definition) is 1. The fourth-order valence-corrected chi connectivity index (χ4v) is 7.49. The third kappa shape index (κ3) is 7.02. The molecule has 1 atom stereocenters. The molecule has 1 unspecified atom stereocenters. The van der Waals surface area contributed by atoms with Crippen molar-refractivity contribution >= 4 is 45.9 Å². The van der Waals surface area contributed by atoms with Crippen molar-refractivity contribution in [3.8, 4) is 0 Å². The fraction of sp³-hybridized carbons (Fsp3) is 0.528. The molecule has 1 aliphatic carbocycles. The quantitative estimate of drug-likeness (QED) is 0.237. The van der Waals surface area contributed by atoms with E-state index in [4.69, 9.17) is 25.9 Å². The zero-order valence-corrected chi connectivity index (χ0v) is 28.4. The van der Waals surface area contributed by atoms with Gasteiger partial charge >= 0.3 is 5.97 Å². The number of amides is 1. The third-order valence-corrected chi connectivity index (χ3v) is 10.1. The number of ether oxygens (including phenoxy) is 2. The molecule has 3 aromatic rings. The predicted molar refractivity (Wildman–Crippen MR) is 180 cm³/mol. The molecular weight excluding hydrogens is 639 g/mol. The van der Waals surface area contributed by atoms with Crippen LogP contribution in [-0.2, 0) is 37.4 Å². The molecule has 1 aromatic heterocycles. The first kappa shape index (κ1) is 34.5. The molecule has 1 amide bonds. The zero-order valence-electron chi connectivity index (χ0n) is 27.6. The Kier molecular flexibility index (Phi) is 10.8. The van der Waals surface area contributed by atoms with Gasteiger partial charge in [-0.2, -0.15) is 0 Å². The number of para-hydroxylation sites is 1. The molecule has 10 nitrogen and oxygen atoms in total. The Morgan fingerprint density at radius 1 is 1.04 bits per heavy atom. The number of hydrogen-bond acceptors (Lipinski definition) is 8. The number of esters is 1. The summed E-state index contributed by atoms with van der Waals surface area (Å²) in [5.41, 5.74) is 1.54. The maximum absolute atomic E-state index is 15.8. The zero-order chi connectivity index (χ0) is 33.8. The highest BCUT2D eigenvalue weighted by atomic mass is 35.5. The maximum atomic E-state index is 15.8. The minimum absolute atomic E-state index is 0.100. The first-order valence-corrected chi connectivity index (χ1v) is 17.5. The smallest absolute Gasteiger partial charge is 0.308 e. The molecule has 6 rings (SSSR count). The van der Waals surface area contributed by atoms with Crippen molar-refractivity contribution in [2.24, 2.45) is 13.0 Å². The van der Waals surface area contributed by atoms with Crippen LogP contribution in [0, 0.1) is 11.7 Å². The molecule has 2 aromatic carbocycles. The van der Waals surface area contributed by atoms with E-state index in [-0.39, 0.29) is 46.5 Å². The molecule has 0 bridgehead atoms. The molecule has 1 saturated carbocycles. The molecule has 0 spiro atoms. The van der Waals surface area contributed by atoms with Crippen LogP contribution in [0.2, 0.25) is 5.02 Å². The standard InChI is InChI=1S/C36H44ClFN4O6/c1-3-46-35(45)24-12-14-26(15-13-24)48-36(41-16-6-7-17-41,42-18-8-9-19-47-42)33(43)21-25-20-29(37)31(22-30(25)38)39-34(44)28-23-40(2)32-11-5-4-10-27(28)32/h4-5,10-11,20,22-24,26H,3,6-9,12-19,21H2,1-2H3,(H,39,44)/t24-,26-,36?. The molecule has 48 heavy (non-hydrogen) atoms. The summed E-state index contributed by atoms with van der Waals surface area (Å²) in [5, 5.41) is 5.30. The Balaban J connectivity index is 1.25. The molecule has 1 N–H and O–H groups in total. The number of carbonyl (C=O) groups is 3. The summed E-state index contributed by atoms with van der Waals surface area (Å²) in [6, 6.07) is 10.1. The highest BCUT2D eigenvalue weighted by Crippen LogP contribution is 2.38. The number of Topliss-reactive ketones (excluding diaryl/α,β-unsaturated/α-hetero) is 1. The molecule has 2 aliphatic heterocycles. The SMILES string of the molecule is CCOC(=O)[C@H]1CC[C@H](OC(C(=O)Cc2cc(Cl)c(NC(=O)c3cn(C)c4ccccc34)cc2F)(N2CCCC2)N2CCCCO2)CC1. The summed E-state index contributed by atoms with van der Waals surface area (Å²) in [4.78, 5) is 48.5. The van der Waals surface area contributed by atoms with Crippen molar-refractivity contribution in [1.82, 2.24) is 14.5 Å². The summed E-state index contributed by atoms with van der Waals surface area (Å²) >= 11 is 6.63. The van der Waals surface area contributed by atoms with Crippen LogP contribution in [0.15, 0.2) is 42.6 Å². The number of aryl methyl sites for hydroxylation is 1. The number of nitrogens with one attached hydrogen (secondary N) is 1. The lowest BCUT2D eigenvalue weighted by Gasteiger charge is -2.49. The Morgan fingerprint density at radius 3 is 2.48 bits per heavy atom. The minimum atomic E-state index is -1.56. The summed E-state index contributed by atoms with van der Waals surface area (Å²) in [7, 11) is 1.85. The monoisotopic (exact) mass is 682 g/mol. The Bertz CT molecular complexity index is 1640. The maximum Gasteiger partial charge on any atom is 0.308 e. The number of halogens is 2. The largest absolute Gasteiger partial charge is 0.466 e. The van der Waals surface area contributed by atoms with Gasteiger partial charge in [-0.25, -0.2) is 4.39 Å². The van der Waals surface area contributed by atoms with Crippen molar-refractivity contribution < 1.29 is 33.1 Å². The van der Waals surface area contributed by atoms with Gasteiger partial charge in [-0.3, -0.25) is 24.1 Å². The molecule has 12 heteroatoms. The van der Waals surface area contributed by atoms with Crippen LogP contribution >= 0.6 is 11.6 Å². The van der Waals surface area contributed by atoms with E-state index in [1.807, 2.05) is 40.8 Å². The lowest BCUT2D eigenvalue weighted by molar-refractivity contribution is -0.361. The number of benzene rings is 2. The van der Waals surface area contributed by atoms with Crippen molar-refractivity contribution in [3.63, 3.8) is 0 Å². The van der Waals surface area contributed by atoms with Crippen molar-refractivity contribution in [2.45, 2.75) is 76.7 Å². The van der Waals surface area contributed by atoms with Crippen LogP contribution in [-0.4, -0.2) is 77.0 Å². The van der Waals surface area contributed by atoms with E-state index in [1.165, 1.54) is 12.1 Å². The highest BCUT2D eigenvalue weighted by molar-refractivity contribution is 6.34. The van der Waals surface area contributed by atoms with Gasteiger partial charge < -0.3 is 19.4 Å². The summed E-state index contributed by atoms with van der Waals surface area (Å²) in [5.74, 6) is -3.37.